The first kappa shape index (κ1) is 14.6. The molecule has 0 fully saturated rings. The second-order valence-corrected chi connectivity index (χ2v) is 4.85. The zero-order valence-corrected chi connectivity index (χ0v) is 12.2. The number of nitrogens with zero attached hydrogens (tertiary/aromatic N) is 2. The van der Waals surface area contributed by atoms with E-state index in [0.29, 0.717) is 5.69 Å². The lowest BCUT2D eigenvalue weighted by Crippen LogP contribution is -2.26. The van der Waals surface area contributed by atoms with E-state index in [1.165, 1.54) is 16.7 Å². The molecule has 0 saturated heterocycles. The molecule has 0 spiro atoms. The number of nitrogens with two attached hydrogens (primary N) is 3. The molecule has 0 bridgehead atoms. The van der Waals surface area contributed by atoms with E-state index in [9.17, 15) is 0 Å². The van der Waals surface area contributed by atoms with Gasteiger partial charge in [-0.25, -0.2) is 4.99 Å². The van der Waals surface area contributed by atoms with Gasteiger partial charge in [0, 0.05) is 0 Å². The van der Waals surface area contributed by atoms with Gasteiger partial charge in [0.2, 0.25) is 5.96 Å². The van der Waals surface area contributed by atoms with Crippen molar-refractivity contribution in [3.63, 3.8) is 0 Å². The van der Waals surface area contributed by atoms with Crippen LogP contribution in [-0.2, 0) is 0 Å². The first-order valence-electron chi connectivity index (χ1n) is 6.57. The van der Waals surface area contributed by atoms with Crippen LogP contribution >= 0.6 is 0 Å². The second-order valence-electron chi connectivity index (χ2n) is 4.85. The molecule has 108 valence electrons. The van der Waals surface area contributed by atoms with Gasteiger partial charge in [0.1, 0.15) is 0 Å². The summed E-state index contributed by atoms with van der Waals surface area (Å²) in [5, 5.41) is 0. The van der Waals surface area contributed by atoms with E-state index >= 15 is 0 Å². The van der Waals surface area contributed by atoms with Gasteiger partial charge >= 0.3 is 0 Å². The van der Waals surface area contributed by atoms with Gasteiger partial charge in [-0.15, -0.1) is 0 Å². The summed E-state index contributed by atoms with van der Waals surface area (Å²) in [6.45, 7) is 4.21. The topological polar surface area (TPSA) is 103 Å². The fraction of sp³-hybridized carbons (Fsp3) is 0.125. The molecule has 0 saturated carbocycles. The predicted molar refractivity (Wildman–Crippen MR) is 88.4 cm³/mol. The Morgan fingerprint density at radius 2 is 1.43 bits per heavy atom. The van der Waals surface area contributed by atoms with Crippen molar-refractivity contribution in [2.24, 2.45) is 27.2 Å². The first-order chi connectivity index (χ1) is 9.95. The minimum Gasteiger partial charge on any atom is -0.370 e. The molecule has 0 radical (unpaired) electrons. The van der Waals surface area contributed by atoms with Gasteiger partial charge in [0.25, 0.3) is 0 Å². The summed E-state index contributed by atoms with van der Waals surface area (Å²) in [5.74, 6) is -0.0723. The van der Waals surface area contributed by atoms with Crippen molar-refractivity contribution in [2.75, 3.05) is 0 Å². The summed E-state index contributed by atoms with van der Waals surface area (Å²) in [4.78, 5) is 7.79. The maximum Gasteiger partial charge on any atom is 0.223 e. The maximum absolute atomic E-state index is 5.59. The number of aryl methyl sites for hydroxylation is 2. The highest BCUT2D eigenvalue weighted by atomic mass is 15.1. The number of guanidine groups is 2. The van der Waals surface area contributed by atoms with Crippen LogP contribution in [0.5, 0.6) is 0 Å². The van der Waals surface area contributed by atoms with Crippen LogP contribution in [0, 0.1) is 13.8 Å². The zero-order chi connectivity index (χ0) is 15.4. The lowest BCUT2D eigenvalue weighted by Gasteiger charge is -2.06. The summed E-state index contributed by atoms with van der Waals surface area (Å²) in [6.07, 6.45) is 0. The van der Waals surface area contributed by atoms with E-state index in [2.05, 4.69) is 42.0 Å². The Bertz CT molecular complexity index is 695. The van der Waals surface area contributed by atoms with Crippen molar-refractivity contribution < 1.29 is 0 Å². The highest BCUT2D eigenvalue weighted by molar-refractivity contribution is 5.93. The third-order valence-electron chi connectivity index (χ3n) is 3.19. The molecule has 0 unspecified atom stereocenters. The van der Waals surface area contributed by atoms with E-state index in [-0.39, 0.29) is 11.9 Å². The summed E-state index contributed by atoms with van der Waals surface area (Å²) in [7, 11) is 0. The molecule has 0 aliphatic carbocycles. The number of hydrogen-bond donors (Lipinski definition) is 3. The van der Waals surface area contributed by atoms with Crippen LogP contribution in [0.1, 0.15) is 11.1 Å². The quantitative estimate of drug-likeness (QED) is 0.580. The number of hydrogen-bond acceptors (Lipinski definition) is 1. The Kier molecular flexibility index (Phi) is 4.23. The van der Waals surface area contributed by atoms with Gasteiger partial charge in [0.15, 0.2) is 5.96 Å². The maximum atomic E-state index is 5.59. The SMILES string of the molecule is Cc1ccc(-c2ccc(N=C(N)N=C(N)N)cc2)cc1C. The number of benzene rings is 2. The van der Waals surface area contributed by atoms with E-state index in [0.717, 1.165) is 5.56 Å². The molecule has 2 rings (SSSR count). The van der Waals surface area contributed by atoms with Crippen LogP contribution in [0.2, 0.25) is 0 Å². The Labute approximate surface area is 124 Å². The monoisotopic (exact) mass is 281 g/mol. The van der Waals surface area contributed by atoms with Crippen molar-refractivity contribution in [3.8, 4) is 11.1 Å². The molecular weight excluding hydrogens is 262 g/mol. The molecule has 2 aromatic carbocycles. The van der Waals surface area contributed by atoms with Crippen LogP contribution in [0.3, 0.4) is 0 Å². The van der Waals surface area contributed by atoms with Gasteiger partial charge in [0.05, 0.1) is 5.69 Å². The molecule has 0 aromatic heterocycles. The van der Waals surface area contributed by atoms with Crippen LogP contribution in [-0.4, -0.2) is 11.9 Å². The fourth-order valence-electron chi connectivity index (χ4n) is 1.94. The molecule has 5 nitrogen and oxygen atoms in total. The summed E-state index contributed by atoms with van der Waals surface area (Å²) < 4.78 is 0. The third-order valence-corrected chi connectivity index (χ3v) is 3.19. The first-order valence-corrected chi connectivity index (χ1v) is 6.57. The van der Waals surface area contributed by atoms with Crippen molar-refractivity contribution in [3.05, 3.63) is 53.6 Å². The minimum atomic E-state index is -0.108. The van der Waals surface area contributed by atoms with Gasteiger partial charge in [-0.1, -0.05) is 30.3 Å². The Hall–Kier alpha value is -2.82. The van der Waals surface area contributed by atoms with Crippen LogP contribution in [0.25, 0.3) is 11.1 Å². The normalized spacial score (nSPS) is 11.2. The lowest BCUT2D eigenvalue weighted by molar-refractivity contribution is 1.34. The summed E-state index contributed by atoms with van der Waals surface area (Å²) in [6, 6.07) is 14.1. The van der Waals surface area contributed by atoms with Gasteiger partial charge in [-0.3, -0.25) is 0 Å². The Morgan fingerprint density at radius 1 is 0.810 bits per heavy atom. The second kappa shape index (κ2) is 6.09. The predicted octanol–water partition coefficient (Wildman–Crippen LogP) is 2.19. The van der Waals surface area contributed by atoms with Gasteiger partial charge in [-0.05, 0) is 48.2 Å². The van der Waals surface area contributed by atoms with E-state index < -0.39 is 0 Å². The largest absolute Gasteiger partial charge is 0.370 e. The van der Waals surface area contributed by atoms with Crippen molar-refractivity contribution in [1.82, 2.24) is 0 Å². The third kappa shape index (κ3) is 3.82. The minimum absolute atomic E-state index is 0.0360. The average molecular weight is 281 g/mol. The molecule has 2 aromatic rings. The van der Waals surface area contributed by atoms with Crippen molar-refractivity contribution >= 4 is 17.6 Å². The van der Waals surface area contributed by atoms with Gasteiger partial charge in [-0.2, -0.15) is 4.99 Å². The molecule has 21 heavy (non-hydrogen) atoms. The highest BCUT2D eigenvalue weighted by Gasteiger charge is 2.00. The van der Waals surface area contributed by atoms with Crippen molar-refractivity contribution in [2.45, 2.75) is 13.8 Å². The van der Waals surface area contributed by atoms with Crippen LogP contribution in [0.15, 0.2) is 52.4 Å². The average Bonchev–Trinajstić information content (AvgIpc) is 2.42. The Morgan fingerprint density at radius 3 is 2.00 bits per heavy atom. The van der Waals surface area contributed by atoms with E-state index in [1.807, 2.05) is 24.3 Å². The number of aliphatic imine (C=N–C) groups is 2. The lowest BCUT2D eigenvalue weighted by atomic mass is 10.0. The summed E-state index contributed by atoms with van der Waals surface area (Å²) in [5.41, 5.74) is 21.6. The molecular formula is C16H19N5. The number of rotatable bonds is 2. The Balaban J connectivity index is 2.26. The van der Waals surface area contributed by atoms with Crippen molar-refractivity contribution in [1.29, 1.82) is 0 Å². The zero-order valence-electron chi connectivity index (χ0n) is 12.2. The van der Waals surface area contributed by atoms with E-state index in [4.69, 9.17) is 17.2 Å². The van der Waals surface area contributed by atoms with E-state index in [1.54, 1.807) is 0 Å². The smallest absolute Gasteiger partial charge is 0.223 e. The molecule has 5 heteroatoms. The summed E-state index contributed by atoms with van der Waals surface area (Å²) >= 11 is 0. The molecule has 0 heterocycles. The molecule has 0 amide bonds. The molecule has 6 N–H and O–H groups in total. The molecule has 0 aliphatic heterocycles. The molecule has 0 atom stereocenters. The standard InChI is InChI=1S/C16H19N5/c1-10-3-4-13(9-11(10)2)12-5-7-14(8-6-12)20-16(19)21-15(17)18/h3-9H,1-2H3,(H6,17,18,19,20,21). The fourth-order valence-corrected chi connectivity index (χ4v) is 1.94. The molecule has 0 aliphatic rings. The van der Waals surface area contributed by atoms with Crippen LogP contribution in [0.4, 0.5) is 5.69 Å². The van der Waals surface area contributed by atoms with Crippen LogP contribution < -0.4 is 17.2 Å². The highest BCUT2D eigenvalue weighted by Crippen LogP contribution is 2.24. The van der Waals surface area contributed by atoms with Gasteiger partial charge < -0.3 is 17.2 Å².